The van der Waals surface area contributed by atoms with Gasteiger partial charge in [0.05, 0.1) is 47.5 Å². The number of benzene rings is 2. The SMILES string of the molecule is CCOC(=O)C(=O)CBr.CCOC(=O)C(=O)CC(C(=O)C(=O)OCC)c1cccc(N2CCCCC2)c1[N+](=O)[O-].CCOC(=O)C(=O)Cc1cccc(N2CCCCC2)c1[N+](=O)[O-].CC[O-].[K+]. The first kappa shape index (κ1) is 62.5. The molecule has 2 saturated heterocycles. The van der Waals surface area contributed by atoms with E-state index in [9.17, 15) is 58.6 Å². The van der Waals surface area contributed by atoms with Gasteiger partial charge in [0.1, 0.15) is 11.4 Å². The van der Waals surface area contributed by atoms with E-state index < -0.39 is 69.2 Å². The topological polar surface area (TPSA) is 289 Å². The van der Waals surface area contributed by atoms with E-state index in [1.165, 1.54) is 32.0 Å². The molecule has 2 fully saturated rings. The molecule has 67 heavy (non-hydrogen) atoms. The van der Waals surface area contributed by atoms with E-state index >= 15 is 0 Å². The zero-order chi connectivity index (χ0) is 49.8. The number of hydrogen-bond acceptors (Lipinski definition) is 19. The largest absolute Gasteiger partial charge is 1.00 e. The maximum absolute atomic E-state index is 12.8. The van der Waals surface area contributed by atoms with Crippen LogP contribution in [0.25, 0.3) is 0 Å². The predicted molar refractivity (Wildman–Crippen MR) is 240 cm³/mol. The van der Waals surface area contributed by atoms with E-state index in [2.05, 4.69) is 30.1 Å². The van der Waals surface area contributed by atoms with Gasteiger partial charge in [-0.3, -0.25) is 39.4 Å². The van der Waals surface area contributed by atoms with Crippen molar-refractivity contribution >= 4 is 85.7 Å². The van der Waals surface area contributed by atoms with Crippen LogP contribution in [0.5, 0.6) is 0 Å². The number of Topliss-reactive ketones (excluding diaryl/α,β-unsaturated/α-hetero) is 4. The third-order valence-electron chi connectivity index (χ3n) is 9.44. The van der Waals surface area contributed by atoms with Crippen molar-refractivity contribution < 1.29 is 124 Å². The summed E-state index contributed by atoms with van der Waals surface area (Å²) in [7, 11) is 0. The Hall–Kier alpha value is -4.52. The minimum absolute atomic E-state index is 0. The maximum atomic E-state index is 12.8. The van der Waals surface area contributed by atoms with E-state index in [-0.39, 0.29) is 119 Å². The van der Waals surface area contributed by atoms with Crippen LogP contribution >= 0.6 is 15.9 Å². The van der Waals surface area contributed by atoms with E-state index in [0.29, 0.717) is 24.5 Å². The summed E-state index contributed by atoms with van der Waals surface area (Å²) in [5.41, 5.74) is 0.520. The van der Waals surface area contributed by atoms with Gasteiger partial charge in [-0.05, 0) is 78.4 Å². The van der Waals surface area contributed by atoms with Crippen LogP contribution in [0, 0.1) is 20.2 Å². The zero-order valence-electron chi connectivity index (χ0n) is 38.9. The summed E-state index contributed by atoms with van der Waals surface area (Å²) >= 11 is 2.83. The Morgan fingerprint density at radius 1 is 0.597 bits per heavy atom. The average Bonchev–Trinajstić information content (AvgIpc) is 3.31. The van der Waals surface area contributed by atoms with Crippen molar-refractivity contribution in [2.75, 3.05) is 74.3 Å². The Labute approximate surface area is 439 Å². The minimum Gasteiger partial charge on any atom is -0.855 e. The maximum Gasteiger partial charge on any atom is 1.00 e. The van der Waals surface area contributed by atoms with Crippen molar-refractivity contribution in [1.29, 1.82) is 0 Å². The molecule has 0 N–H and O–H groups in total. The molecule has 2 aliphatic heterocycles. The number of rotatable bonds is 19. The van der Waals surface area contributed by atoms with Crippen molar-refractivity contribution in [1.82, 2.24) is 0 Å². The molecule has 23 heteroatoms. The van der Waals surface area contributed by atoms with Crippen molar-refractivity contribution in [3.05, 3.63) is 67.8 Å². The Balaban J connectivity index is 0.00000106. The van der Waals surface area contributed by atoms with Gasteiger partial charge in [-0.15, -0.1) is 6.61 Å². The monoisotopic (exact) mass is 1030 g/mol. The van der Waals surface area contributed by atoms with Crippen molar-refractivity contribution in [3.63, 3.8) is 0 Å². The molecule has 0 amide bonds. The summed E-state index contributed by atoms with van der Waals surface area (Å²) in [4.78, 5) is 119. The second-order valence-corrected chi connectivity index (χ2v) is 14.5. The molecule has 1 atom stereocenters. The number of piperidine rings is 2. The fourth-order valence-electron chi connectivity index (χ4n) is 6.63. The van der Waals surface area contributed by atoms with E-state index in [1.54, 1.807) is 39.0 Å². The molecule has 0 radical (unpaired) electrons. The van der Waals surface area contributed by atoms with Gasteiger partial charge >= 0.3 is 75.3 Å². The Kier molecular flexibility index (Phi) is 32.4. The summed E-state index contributed by atoms with van der Waals surface area (Å²) in [6.07, 6.45) is 4.79. The third-order valence-corrected chi connectivity index (χ3v) is 9.95. The molecule has 2 heterocycles. The first-order valence-corrected chi connectivity index (χ1v) is 22.6. The molecule has 2 aromatic rings. The summed E-state index contributed by atoms with van der Waals surface area (Å²) in [6.45, 7) is 10.8. The molecule has 4 rings (SSSR count). The average molecular weight is 1030 g/mol. The van der Waals surface area contributed by atoms with Crippen molar-refractivity contribution in [3.8, 4) is 0 Å². The van der Waals surface area contributed by atoms with Crippen LogP contribution in [0.15, 0.2) is 36.4 Å². The first-order valence-electron chi connectivity index (χ1n) is 21.5. The smallest absolute Gasteiger partial charge is 0.855 e. The number of halogens is 1. The summed E-state index contributed by atoms with van der Waals surface area (Å²) in [5, 5.41) is 32.5. The van der Waals surface area contributed by atoms with Gasteiger partial charge in [0.25, 0.3) is 11.4 Å². The number of ketones is 4. The number of carbonyl (C=O) groups is 8. The number of nitro benzene ring substituents is 2. The number of hydrogen-bond donors (Lipinski definition) is 0. The number of nitro groups is 2. The number of nitrogens with zero attached hydrogens (tertiary/aromatic N) is 4. The van der Waals surface area contributed by atoms with Gasteiger partial charge in [0.15, 0.2) is 0 Å². The Morgan fingerprint density at radius 2 is 0.985 bits per heavy atom. The van der Waals surface area contributed by atoms with Gasteiger partial charge in [-0.1, -0.05) is 47.1 Å². The van der Waals surface area contributed by atoms with Gasteiger partial charge in [-0.2, -0.15) is 0 Å². The number of para-hydroxylation sites is 2. The summed E-state index contributed by atoms with van der Waals surface area (Å²) in [5.74, 6) is -9.15. The number of ether oxygens (including phenoxy) is 4. The standard InChI is InChI=1S/C21H26N2O8.C16H20N2O5.C5H7BrO3.C2H5O.K/c1-3-30-20(26)17(24)13-15(19(25)21(27)31-4-2)14-9-8-10-16(18(14)23(28)29)22-11-6-5-7-12-22;1-2-23-16(20)14(19)11-12-7-6-8-13(15(12)18(21)22)17-9-4-3-5-10-17;1-2-9-5(8)4(7)3-6;1-2-3;/h8-10,15H,3-7,11-13H2,1-2H3;6-8H,2-5,9-11H2,1H3;2-3H2,1H3;2H2,1H3;/q;;;-1;+1. The van der Waals surface area contributed by atoms with Gasteiger partial charge in [0.2, 0.25) is 23.1 Å². The van der Waals surface area contributed by atoms with Gasteiger partial charge < -0.3 is 33.9 Å². The molecule has 0 aromatic heterocycles. The number of alkyl halides is 1. The molecule has 0 bridgehead atoms. The van der Waals surface area contributed by atoms with Crippen LogP contribution in [0.1, 0.15) is 96.6 Å². The number of anilines is 2. The molecule has 2 aromatic carbocycles. The fourth-order valence-corrected chi connectivity index (χ4v) is 6.86. The summed E-state index contributed by atoms with van der Waals surface area (Å²) < 4.78 is 18.4. The molecule has 0 saturated carbocycles. The molecule has 364 valence electrons. The number of esters is 4. The second kappa shape index (κ2) is 34.7. The quantitative estimate of drug-likeness (QED) is 0.0366. The van der Waals surface area contributed by atoms with Crippen molar-refractivity contribution in [2.24, 2.45) is 0 Å². The number of carbonyl (C=O) groups excluding carboxylic acids is 8. The predicted octanol–water partition coefficient (Wildman–Crippen LogP) is 1.47. The van der Waals surface area contributed by atoms with E-state index in [1.807, 2.05) is 9.80 Å². The molecule has 0 spiro atoms. The first-order chi connectivity index (χ1) is 31.5. The van der Waals surface area contributed by atoms with Gasteiger partial charge in [0, 0.05) is 50.1 Å². The van der Waals surface area contributed by atoms with Crippen molar-refractivity contribution in [2.45, 2.75) is 91.9 Å². The second-order valence-electron chi connectivity index (χ2n) is 14.0. The molecule has 1 unspecified atom stereocenters. The molecular formula is C44H58BrKN4O17. The van der Waals surface area contributed by atoms with Crippen LogP contribution in [0.2, 0.25) is 0 Å². The van der Waals surface area contributed by atoms with E-state index in [0.717, 1.165) is 51.6 Å². The van der Waals surface area contributed by atoms with Gasteiger partial charge in [-0.25, -0.2) is 19.2 Å². The fraction of sp³-hybridized carbons (Fsp3) is 0.545. The van der Waals surface area contributed by atoms with Crippen LogP contribution in [-0.2, 0) is 63.7 Å². The summed E-state index contributed by atoms with van der Waals surface area (Å²) in [6, 6.07) is 9.33. The zero-order valence-corrected chi connectivity index (χ0v) is 43.6. The molecule has 21 nitrogen and oxygen atoms in total. The minimum atomic E-state index is -1.54. The van der Waals surface area contributed by atoms with Crippen LogP contribution < -0.4 is 66.3 Å². The normalized spacial score (nSPS) is 13.1. The third kappa shape index (κ3) is 21.1. The Bertz CT molecular complexity index is 2010. The molecule has 0 aliphatic carbocycles. The molecule has 2 aliphatic rings. The Morgan fingerprint density at radius 3 is 1.40 bits per heavy atom. The van der Waals surface area contributed by atoms with E-state index in [4.69, 9.17) is 9.84 Å². The van der Waals surface area contributed by atoms with Crippen LogP contribution in [0.3, 0.4) is 0 Å². The molecular weight excluding hydrogens is 975 g/mol. The van der Waals surface area contributed by atoms with Crippen LogP contribution in [0.4, 0.5) is 22.7 Å². The van der Waals surface area contributed by atoms with Crippen LogP contribution in [-0.4, -0.2) is 121 Å².